The van der Waals surface area contributed by atoms with Crippen molar-refractivity contribution in [3.05, 3.63) is 63.1 Å². The molecule has 0 spiro atoms. The van der Waals surface area contributed by atoms with E-state index >= 15 is 0 Å². The summed E-state index contributed by atoms with van der Waals surface area (Å²) < 4.78 is 0.750. The third-order valence-corrected chi connectivity index (χ3v) is 3.52. The minimum absolute atomic E-state index is 0.175. The molecule has 0 aromatic heterocycles. The van der Waals surface area contributed by atoms with Gasteiger partial charge >= 0.3 is 0 Å². The van der Waals surface area contributed by atoms with Gasteiger partial charge in [0.2, 0.25) is 0 Å². The van der Waals surface area contributed by atoms with Gasteiger partial charge in [-0.3, -0.25) is 4.79 Å². The highest BCUT2D eigenvalue weighted by atomic mass is 79.9. The molecule has 2 rings (SSSR count). The lowest BCUT2D eigenvalue weighted by molar-refractivity contribution is 0.0939. The first-order valence-corrected chi connectivity index (χ1v) is 7.18. The predicted octanol–water partition coefficient (Wildman–Crippen LogP) is 4.30. The van der Waals surface area contributed by atoms with Gasteiger partial charge in [-0.2, -0.15) is 0 Å². The highest BCUT2D eigenvalue weighted by Gasteiger charge is 2.12. The minimum atomic E-state index is -0.218. The number of rotatable bonds is 3. The van der Waals surface area contributed by atoms with Crippen LogP contribution in [0.4, 0.5) is 0 Å². The number of phenols is 1. The largest absolute Gasteiger partial charge is 0.508 e. The maximum atomic E-state index is 12.2. The number of aromatic hydroxyl groups is 1. The summed E-state index contributed by atoms with van der Waals surface area (Å²) in [5, 5.41) is 12.8. The van der Waals surface area contributed by atoms with Crippen LogP contribution in [0.25, 0.3) is 0 Å². The van der Waals surface area contributed by atoms with Crippen LogP contribution >= 0.6 is 27.5 Å². The van der Waals surface area contributed by atoms with Crippen molar-refractivity contribution in [2.24, 2.45) is 0 Å². The summed E-state index contributed by atoms with van der Waals surface area (Å²) in [7, 11) is 0. The van der Waals surface area contributed by atoms with E-state index in [1.54, 1.807) is 36.4 Å². The molecule has 0 fully saturated rings. The van der Waals surface area contributed by atoms with Crippen LogP contribution in [0.15, 0.2) is 46.9 Å². The lowest BCUT2D eigenvalue weighted by Gasteiger charge is -2.15. The Kier molecular flexibility index (Phi) is 4.68. The van der Waals surface area contributed by atoms with Crippen LogP contribution in [-0.2, 0) is 0 Å². The van der Waals surface area contributed by atoms with Crippen LogP contribution in [0, 0.1) is 0 Å². The van der Waals surface area contributed by atoms with Crippen molar-refractivity contribution in [2.75, 3.05) is 0 Å². The van der Waals surface area contributed by atoms with E-state index in [1.165, 1.54) is 0 Å². The van der Waals surface area contributed by atoms with Crippen LogP contribution in [0.1, 0.15) is 28.9 Å². The maximum absolute atomic E-state index is 12.2. The van der Waals surface area contributed by atoms with Crippen molar-refractivity contribution in [3.63, 3.8) is 0 Å². The molecule has 2 N–H and O–H groups in total. The number of amides is 1. The third-order valence-electron chi connectivity index (χ3n) is 2.84. The molecule has 1 amide bonds. The van der Waals surface area contributed by atoms with E-state index in [0.717, 1.165) is 10.0 Å². The summed E-state index contributed by atoms with van der Waals surface area (Å²) in [4.78, 5) is 12.2. The summed E-state index contributed by atoms with van der Waals surface area (Å²) in [6.45, 7) is 1.85. The highest BCUT2D eigenvalue weighted by molar-refractivity contribution is 9.10. The van der Waals surface area contributed by atoms with Gasteiger partial charge in [0.1, 0.15) is 5.75 Å². The molecule has 0 aliphatic heterocycles. The molecule has 2 aromatic carbocycles. The summed E-state index contributed by atoms with van der Waals surface area (Å²) in [5.41, 5.74) is 1.32. The van der Waals surface area contributed by atoms with Gasteiger partial charge in [0.05, 0.1) is 6.04 Å². The van der Waals surface area contributed by atoms with Gasteiger partial charge in [0.15, 0.2) is 0 Å². The standard InChI is InChI=1S/C15H13BrClNO2/c1-9(10-3-2-4-14(19)7-10)18-15(20)11-5-12(16)8-13(17)6-11/h2-9,19H,1H3,(H,18,20). The lowest BCUT2D eigenvalue weighted by atomic mass is 10.1. The second kappa shape index (κ2) is 6.29. The second-order valence-electron chi connectivity index (χ2n) is 4.45. The van der Waals surface area contributed by atoms with Crippen LogP contribution in [0.3, 0.4) is 0 Å². The van der Waals surface area contributed by atoms with Crippen LogP contribution < -0.4 is 5.32 Å². The van der Waals surface area contributed by atoms with Gasteiger partial charge in [-0.25, -0.2) is 0 Å². The Bertz CT molecular complexity index is 625. The normalized spacial score (nSPS) is 11.9. The highest BCUT2D eigenvalue weighted by Crippen LogP contribution is 2.21. The number of nitrogens with one attached hydrogen (secondary N) is 1. The van der Waals surface area contributed by atoms with E-state index in [4.69, 9.17) is 11.6 Å². The Morgan fingerprint density at radius 2 is 2.05 bits per heavy atom. The Morgan fingerprint density at radius 1 is 1.30 bits per heavy atom. The summed E-state index contributed by atoms with van der Waals surface area (Å²) in [6.07, 6.45) is 0. The molecule has 20 heavy (non-hydrogen) atoms. The van der Waals surface area contributed by atoms with Crippen molar-refractivity contribution in [2.45, 2.75) is 13.0 Å². The molecule has 1 unspecified atom stereocenters. The molecule has 0 heterocycles. The van der Waals surface area contributed by atoms with E-state index in [9.17, 15) is 9.90 Å². The molecule has 0 aliphatic rings. The number of hydrogen-bond acceptors (Lipinski definition) is 2. The van der Waals surface area contributed by atoms with Crippen molar-refractivity contribution in [1.29, 1.82) is 0 Å². The molecule has 5 heteroatoms. The van der Waals surface area contributed by atoms with E-state index in [0.29, 0.717) is 10.6 Å². The number of carbonyl (C=O) groups is 1. The Labute approximate surface area is 130 Å². The maximum Gasteiger partial charge on any atom is 0.251 e. The number of carbonyl (C=O) groups excluding carboxylic acids is 1. The van der Waals surface area contributed by atoms with Crippen molar-refractivity contribution in [1.82, 2.24) is 5.32 Å². The first kappa shape index (κ1) is 14.9. The number of phenolic OH excluding ortho intramolecular Hbond substituents is 1. The zero-order valence-corrected chi connectivity index (χ0v) is 13.1. The topological polar surface area (TPSA) is 49.3 Å². The summed E-state index contributed by atoms with van der Waals surface area (Å²) >= 11 is 9.23. The third kappa shape index (κ3) is 3.74. The first-order chi connectivity index (χ1) is 9.45. The Balaban J connectivity index is 2.15. The van der Waals surface area contributed by atoms with Gasteiger partial charge in [-0.05, 0) is 42.8 Å². The van der Waals surface area contributed by atoms with E-state index in [-0.39, 0.29) is 17.7 Å². The lowest BCUT2D eigenvalue weighted by Crippen LogP contribution is -2.26. The predicted molar refractivity (Wildman–Crippen MR) is 83.1 cm³/mol. The molecule has 3 nitrogen and oxygen atoms in total. The molecule has 2 aromatic rings. The smallest absolute Gasteiger partial charge is 0.251 e. The molecule has 0 saturated carbocycles. The van der Waals surface area contributed by atoms with Gasteiger partial charge < -0.3 is 10.4 Å². The van der Waals surface area contributed by atoms with Gasteiger partial charge in [0, 0.05) is 15.1 Å². The van der Waals surface area contributed by atoms with Crippen LogP contribution in [-0.4, -0.2) is 11.0 Å². The van der Waals surface area contributed by atoms with Crippen LogP contribution in [0.2, 0.25) is 5.02 Å². The first-order valence-electron chi connectivity index (χ1n) is 6.01. The summed E-state index contributed by atoms with van der Waals surface area (Å²) in [6, 6.07) is 11.6. The van der Waals surface area contributed by atoms with Crippen molar-refractivity contribution in [3.8, 4) is 5.75 Å². The zero-order chi connectivity index (χ0) is 14.7. The molecule has 104 valence electrons. The fourth-order valence-corrected chi connectivity index (χ4v) is 2.70. The quantitative estimate of drug-likeness (QED) is 0.863. The summed E-state index contributed by atoms with van der Waals surface area (Å²) in [5.74, 6) is -0.0434. The number of benzene rings is 2. The fourth-order valence-electron chi connectivity index (χ4n) is 1.84. The van der Waals surface area contributed by atoms with Crippen molar-refractivity contribution < 1.29 is 9.90 Å². The fraction of sp³-hybridized carbons (Fsp3) is 0.133. The van der Waals surface area contributed by atoms with Gasteiger partial charge in [0.25, 0.3) is 5.91 Å². The molecule has 0 radical (unpaired) electrons. The SMILES string of the molecule is CC(NC(=O)c1cc(Cl)cc(Br)c1)c1cccc(O)c1. The minimum Gasteiger partial charge on any atom is -0.508 e. The van der Waals surface area contributed by atoms with E-state index < -0.39 is 0 Å². The average molecular weight is 355 g/mol. The van der Waals surface area contributed by atoms with Gasteiger partial charge in [-0.1, -0.05) is 39.7 Å². The molecule has 0 aliphatic carbocycles. The Hall–Kier alpha value is -1.52. The van der Waals surface area contributed by atoms with Crippen molar-refractivity contribution >= 4 is 33.4 Å². The molecule has 0 bridgehead atoms. The van der Waals surface area contributed by atoms with Crippen LogP contribution in [0.5, 0.6) is 5.75 Å². The molecule has 0 saturated heterocycles. The van der Waals surface area contributed by atoms with E-state index in [2.05, 4.69) is 21.2 Å². The van der Waals surface area contributed by atoms with Gasteiger partial charge in [-0.15, -0.1) is 0 Å². The Morgan fingerprint density at radius 3 is 2.70 bits per heavy atom. The monoisotopic (exact) mass is 353 g/mol. The zero-order valence-electron chi connectivity index (χ0n) is 10.7. The molecule has 1 atom stereocenters. The van der Waals surface area contributed by atoms with E-state index in [1.807, 2.05) is 13.0 Å². The molecular formula is C15H13BrClNO2. The number of halogens is 2. The second-order valence-corrected chi connectivity index (χ2v) is 5.80. The number of hydrogen-bond donors (Lipinski definition) is 2. The average Bonchev–Trinajstić information content (AvgIpc) is 2.37. The molecular weight excluding hydrogens is 342 g/mol.